The normalized spacial score (nSPS) is 14.9. The SMILES string of the molecule is CC(CCCc1cc(C(F)(F)F)cc(C(F)(F)F)c1)CC(CN)C(=O)O. The maximum Gasteiger partial charge on any atom is 0.416 e. The Morgan fingerprint density at radius 1 is 1.08 bits per heavy atom. The number of halogens is 6. The van der Waals surface area contributed by atoms with Crippen molar-refractivity contribution in [1.82, 2.24) is 0 Å². The number of alkyl halides is 6. The maximum absolute atomic E-state index is 12.8. The van der Waals surface area contributed by atoms with Gasteiger partial charge in [-0.05, 0) is 48.9 Å². The lowest BCUT2D eigenvalue weighted by Gasteiger charge is -2.17. The van der Waals surface area contributed by atoms with Gasteiger partial charge >= 0.3 is 18.3 Å². The van der Waals surface area contributed by atoms with Gasteiger partial charge in [0.2, 0.25) is 0 Å². The largest absolute Gasteiger partial charge is 0.481 e. The van der Waals surface area contributed by atoms with Crippen molar-refractivity contribution < 1.29 is 36.2 Å². The quantitative estimate of drug-likeness (QED) is 0.636. The Kier molecular flexibility index (Phi) is 7.49. The van der Waals surface area contributed by atoms with E-state index in [4.69, 9.17) is 10.8 Å². The molecule has 148 valence electrons. The van der Waals surface area contributed by atoms with E-state index in [1.807, 2.05) is 0 Å². The van der Waals surface area contributed by atoms with E-state index in [1.54, 1.807) is 6.92 Å². The summed E-state index contributed by atoms with van der Waals surface area (Å²) in [6, 6.07) is 1.55. The number of carbonyl (C=O) groups is 1. The third-order valence-electron chi connectivity index (χ3n) is 4.13. The van der Waals surface area contributed by atoms with Crippen LogP contribution in [0.5, 0.6) is 0 Å². The van der Waals surface area contributed by atoms with E-state index in [9.17, 15) is 31.1 Å². The molecular weight excluding hydrogens is 364 g/mol. The Morgan fingerprint density at radius 3 is 1.96 bits per heavy atom. The highest BCUT2D eigenvalue weighted by Crippen LogP contribution is 2.36. The van der Waals surface area contributed by atoms with Crippen LogP contribution in [0.3, 0.4) is 0 Å². The monoisotopic (exact) mass is 385 g/mol. The molecule has 1 rings (SSSR count). The molecular formula is C17H21F6NO2. The molecule has 1 aromatic rings. The molecule has 0 spiro atoms. The van der Waals surface area contributed by atoms with Crippen molar-refractivity contribution in [2.24, 2.45) is 17.6 Å². The van der Waals surface area contributed by atoms with Gasteiger partial charge in [0.05, 0.1) is 17.0 Å². The molecule has 0 fully saturated rings. The van der Waals surface area contributed by atoms with Gasteiger partial charge in [-0.1, -0.05) is 13.3 Å². The van der Waals surface area contributed by atoms with Crippen LogP contribution in [0.15, 0.2) is 18.2 Å². The summed E-state index contributed by atoms with van der Waals surface area (Å²) in [7, 11) is 0. The summed E-state index contributed by atoms with van der Waals surface area (Å²) in [5.74, 6) is -1.80. The van der Waals surface area contributed by atoms with Gasteiger partial charge < -0.3 is 10.8 Å². The first-order valence-corrected chi connectivity index (χ1v) is 8.05. The van der Waals surface area contributed by atoms with Crippen LogP contribution < -0.4 is 5.73 Å². The van der Waals surface area contributed by atoms with Crippen molar-refractivity contribution in [3.05, 3.63) is 34.9 Å². The first kappa shape index (κ1) is 22.3. The predicted molar refractivity (Wildman–Crippen MR) is 83.3 cm³/mol. The van der Waals surface area contributed by atoms with Crippen LogP contribution in [0, 0.1) is 11.8 Å². The summed E-state index contributed by atoms with van der Waals surface area (Å²) < 4.78 is 76.9. The summed E-state index contributed by atoms with van der Waals surface area (Å²) in [5.41, 5.74) is 2.66. The van der Waals surface area contributed by atoms with Crippen LogP contribution >= 0.6 is 0 Å². The topological polar surface area (TPSA) is 63.3 Å². The molecule has 0 aromatic heterocycles. The summed E-state index contributed by atoms with van der Waals surface area (Å²) in [6.45, 7) is 1.75. The van der Waals surface area contributed by atoms with Gasteiger partial charge in [0.15, 0.2) is 0 Å². The van der Waals surface area contributed by atoms with Crippen molar-refractivity contribution in [3.63, 3.8) is 0 Å². The predicted octanol–water partition coefficient (Wildman–Crippen LogP) is 4.73. The highest BCUT2D eigenvalue weighted by atomic mass is 19.4. The lowest BCUT2D eigenvalue weighted by Crippen LogP contribution is -2.25. The molecule has 0 saturated carbocycles. The van der Waals surface area contributed by atoms with E-state index < -0.39 is 35.4 Å². The van der Waals surface area contributed by atoms with E-state index >= 15 is 0 Å². The Hall–Kier alpha value is -1.77. The molecule has 0 radical (unpaired) electrons. The zero-order chi connectivity index (χ0) is 20.1. The second kappa shape index (κ2) is 8.75. The molecule has 0 amide bonds. The average molecular weight is 385 g/mol. The van der Waals surface area contributed by atoms with E-state index in [0.29, 0.717) is 19.3 Å². The van der Waals surface area contributed by atoms with Crippen LogP contribution in [0.1, 0.15) is 42.9 Å². The third-order valence-corrected chi connectivity index (χ3v) is 4.13. The lowest BCUT2D eigenvalue weighted by atomic mass is 9.91. The number of hydrogen-bond acceptors (Lipinski definition) is 2. The third kappa shape index (κ3) is 6.86. The van der Waals surface area contributed by atoms with Gasteiger partial charge in [0, 0.05) is 6.54 Å². The van der Waals surface area contributed by atoms with Crippen molar-refractivity contribution in [2.75, 3.05) is 6.54 Å². The molecule has 1 aromatic carbocycles. The van der Waals surface area contributed by atoms with E-state index in [2.05, 4.69) is 0 Å². The van der Waals surface area contributed by atoms with Gasteiger partial charge in [-0.3, -0.25) is 4.79 Å². The van der Waals surface area contributed by atoms with Crippen LogP contribution in [0.4, 0.5) is 26.3 Å². The molecule has 0 aliphatic rings. The minimum atomic E-state index is -4.86. The number of aryl methyl sites for hydroxylation is 1. The zero-order valence-corrected chi connectivity index (χ0v) is 14.1. The molecule has 2 atom stereocenters. The molecule has 3 nitrogen and oxygen atoms in total. The van der Waals surface area contributed by atoms with Gasteiger partial charge in [0.25, 0.3) is 0 Å². The van der Waals surface area contributed by atoms with E-state index in [-0.39, 0.29) is 30.5 Å². The van der Waals surface area contributed by atoms with Gasteiger partial charge in [-0.25, -0.2) is 0 Å². The highest BCUT2D eigenvalue weighted by molar-refractivity contribution is 5.70. The van der Waals surface area contributed by atoms with E-state index in [0.717, 1.165) is 12.1 Å². The van der Waals surface area contributed by atoms with Crippen molar-refractivity contribution in [2.45, 2.75) is 45.0 Å². The second-order valence-corrected chi connectivity index (χ2v) is 6.42. The minimum absolute atomic E-state index is 0.0256. The molecule has 0 aliphatic heterocycles. The maximum atomic E-state index is 12.8. The van der Waals surface area contributed by atoms with Gasteiger partial charge in [-0.15, -0.1) is 0 Å². The Labute approximate surface area is 147 Å². The number of rotatable bonds is 8. The fourth-order valence-corrected chi connectivity index (χ4v) is 2.72. The number of hydrogen-bond donors (Lipinski definition) is 2. The van der Waals surface area contributed by atoms with Gasteiger partial charge in [0.1, 0.15) is 0 Å². The number of nitrogens with two attached hydrogens (primary N) is 1. The molecule has 0 bridgehead atoms. The Balaban J connectivity index is 2.79. The number of carboxylic acids is 1. The molecule has 0 saturated heterocycles. The lowest BCUT2D eigenvalue weighted by molar-refractivity contribution is -0.143. The average Bonchev–Trinajstić information content (AvgIpc) is 2.50. The van der Waals surface area contributed by atoms with Crippen LogP contribution in [0.25, 0.3) is 0 Å². The number of carboxylic acid groups (broad SMARTS) is 1. The Bertz CT molecular complexity index is 580. The molecule has 9 heteroatoms. The molecule has 2 unspecified atom stereocenters. The summed E-state index contributed by atoms with van der Waals surface area (Å²) in [5, 5.41) is 8.95. The summed E-state index contributed by atoms with van der Waals surface area (Å²) in [6.07, 6.45) is -8.56. The van der Waals surface area contributed by atoms with Crippen LogP contribution in [-0.2, 0) is 23.6 Å². The highest BCUT2D eigenvalue weighted by Gasteiger charge is 2.36. The molecule has 26 heavy (non-hydrogen) atoms. The number of aliphatic carboxylic acids is 1. The standard InChI is InChI=1S/C17H21F6NO2/c1-10(5-12(9-24)15(25)26)3-2-4-11-6-13(16(18,19)20)8-14(7-11)17(21,22)23/h6-8,10,12H,2-5,9,24H2,1H3,(H,25,26). The molecule has 3 N–H and O–H groups in total. The zero-order valence-electron chi connectivity index (χ0n) is 14.1. The minimum Gasteiger partial charge on any atom is -0.481 e. The summed E-state index contributed by atoms with van der Waals surface area (Å²) >= 11 is 0. The van der Waals surface area contributed by atoms with Crippen molar-refractivity contribution >= 4 is 5.97 Å². The fraction of sp³-hybridized carbons (Fsp3) is 0.588. The molecule has 0 heterocycles. The van der Waals surface area contributed by atoms with Crippen molar-refractivity contribution in [1.29, 1.82) is 0 Å². The fourth-order valence-electron chi connectivity index (χ4n) is 2.72. The number of benzene rings is 1. The van der Waals surface area contributed by atoms with Crippen molar-refractivity contribution in [3.8, 4) is 0 Å². The van der Waals surface area contributed by atoms with E-state index in [1.165, 1.54) is 0 Å². The first-order valence-electron chi connectivity index (χ1n) is 8.05. The van der Waals surface area contributed by atoms with Crippen LogP contribution in [-0.4, -0.2) is 17.6 Å². The Morgan fingerprint density at radius 2 is 1.58 bits per heavy atom. The smallest absolute Gasteiger partial charge is 0.416 e. The first-order chi connectivity index (χ1) is 11.8. The van der Waals surface area contributed by atoms with Gasteiger partial charge in [-0.2, -0.15) is 26.3 Å². The second-order valence-electron chi connectivity index (χ2n) is 6.42. The molecule has 0 aliphatic carbocycles. The summed E-state index contributed by atoms with van der Waals surface area (Å²) in [4.78, 5) is 10.9. The van der Waals surface area contributed by atoms with Crippen LogP contribution in [0.2, 0.25) is 0 Å².